The maximum Gasteiger partial charge on any atom is 0.225 e. The van der Waals surface area contributed by atoms with Crippen LogP contribution in [0.5, 0.6) is 5.75 Å². The van der Waals surface area contributed by atoms with E-state index >= 15 is 0 Å². The summed E-state index contributed by atoms with van der Waals surface area (Å²) in [5, 5.41) is 5.14. The average Bonchev–Trinajstić information content (AvgIpc) is 3.31. The quantitative estimate of drug-likeness (QED) is 0.783. The van der Waals surface area contributed by atoms with Crippen molar-refractivity contribution in [3.05, 3.63) is 52.2 Å². The zero-order valence-electron chi connectivity index (χ0n) is 14.7. The van der Waals surface area contributed by atoms with E-state index in [1.807, 2.05) is 36.6 Å². The molecule has 1 aliphatic heterocycles. The topological polar surface area (TPSA) is 41.6 Å². The molecule has 3 rings (SSSR count). The standard InChI is InChI=1S/C20H26N2O2S/c1-2-24-17-9-7-16(8-10-17)19(22-11-3-4-12-22)15-21-20(23)14-18-6-5-13-25-18/h5-10,13,19H,2-4,11-12,14-15H2,1H3,(H,21,23). The molecule has 1 fully saturated rings. The van der Waals surface area contributed by atoms with Crippen molar-refractivity contribution < 1.29 is 9.53 Å². The Morgan fingerprint density at radius 2 is 2.00 bits per heavy atom. The van der Waals surface area contributed by atoms with E-state index in [0.29, 0.717) is 19.6 Å². The Bertz CT molecular complexity index is 649. The smallest absolute Gasteiger partial charge is 0.225 e. The lowest BCUT2D eigenvalue weighted by atomic mass is 10.1. The van der Waals surface area contributed by atoms with Gasteiger partial charge in [-0.1, -0.05) is 18.2 Å². The number of carbonyl (C=O) groups excluding carboxylic acids is 1. The fourth-order valence-electron chi connectivity index (χ4n) is 3.31. The summed E-state index contributed by atoms with van der Waals surface area (Å²) >= 11 is 1.63. The fraction of sp³-hybridized carbons (Fsp3) is 0.450. The number of nitrogens with zero attached hydrogens (tertiary/aromatic N) is 1. The number of nitrogens with one attached hydrogen (secondary N) is 1. The van der Waals surface area contributed by atoms with Gasteiger partial charge in [-0.2, -0.15) is 0 Å². The third kappa shape index (κ3) is 5.06. The summed E-state index contributed by atoms with van der Waals surface area (Å²) in [5.41, 5.74) is 1.24. The first kappa shape index (κ1) is 18.0. The normalized spacial score (nSPS) is 15.9. The first-order valence-corrected chi connectivity index (χ1v) is 9.90. The molecule has 2 heterocycles. The zero-order valence-corrected chi connectivity index (χ0v) is 15.6. The van der Waals surface area contributed by atoms with Crippen LogP contribution >= 0.6 is 11.3 Å². The number of likely N-dealkylation sites (tertiary alicyclic amines) is 1. The van der Waals surface area contributed by atoms with Gasteiger partial charge < -0.3 is 10.1 Å². The number of ether oxygens (including phenoxy) is 1. The number of hydrogen-bond acceptors (Lipinski definition) is 4. The van der Waals surface area contributed by atoms with Crippen molar-refractivity contribution in [3.8, 4) is 5.75 Å². The van der Waals surface area contributed by atoms with Crippen molar-refractivity contribution in [2.75, 3.05) is 26.2 Å². The van der Waals surface area contributed by atoms with E-state index in [9.17, 15) is 4.79 Å². The van der Waals surface area contributed by atoms with Crippen molar-refractivity contribution in [1.29, 1.82) is 0 Å². The first-order valence-electron chi connectivity index (χ1n) is 9.02. The minimum atomic E-state index is 0.0950. The van der Waals surface area contributed by atoms with Crippen LogP contribution in [0.25, 0.3) is 0 Å². The minimum Gasteiger partial charge on any atom is -0.494 e. The van der Waals surface area contributed by atoms with E-state index in [2.05, 4.69) is 22.3 Å². The van der Waals surface area contributed by atoms with Crippen molar-refractivity contribution in [2.24, 2.45) is 0 Å². The summed E-state index contributed by atoms with van der Waals surface area (Å²) in [6.45, 7) is 5.51. The molecule has 0 radical (unpaired) electrons. The van der Waals surface area contributed by atoms with E-state index < -0.39 is 0 Å². The van der Waals surface area contributed by atoms with Gasteiger partial charge in [0.25, 0.3) is 0 Å². The molecule has 1 saturated heterocycles. The number of amides is 1. The van der Waals surface area contributed by atoms with Crippen LogP contribution in [0.4, 0.5) is 0 Å². The maximum atomic E-state index is 12.3. The predicted molar refractivity (Wildman–Crippen MR) is 102 cm³/mol. The Morgan fingerprint density at radius 3 is 2.64 bits per heavy atom. The molecule has 0 spiro atoms. The molecule has 1 unspecified atom stereocenters. The van der Waals surface area contributed by atoms with Crippen molar-refractivity contribution in [1.82, 2.24) is 10.2 Å². The maximum absolute atomic E-state index is 12.3. The van der Waals surface area contributed by atoms with E-state index in [1.165, 1.54) is 18.4 Å². The summed E-state index contributed by atoms with van der Waals surface area (Å²) in [4.78, 5) is 15.8. The van der Waals surface area contributed by atoms with Gasteiger partial charge in [0.05, 0.1) is 19.1 Å². The molecule has 1 aliphatic rings. The van der Waals surface area contributed by atoms with Gasteiger partial charge in [-0.05, 0) is 62.0 Å². The summed E-state index contributed by atoms with van der Waals surface area (Å²) in [7, 11) is 0. The number of thiophene rings is 1. The van der Waals surface area contributed by atoms with Crippen LogP contribution in [0.3, 0.4) is 0 Å². The number of benzene rings is 1. The van der Waals surface area contributed by atoms with Crippen molar-refractivity contribution >= 4 is 17.2 Å². The number of hydrogen-bond donors (Lipinski definition) is 1. The van der Waals surface area contributed by atoms with Crippen molar-refractivity contribution in [2.45, 2.75) is 32.2 Å². The molecule has 1 N–H and O–H groups in total. The van der Waals surface area contributed by atoms with E-state index in [4.69, 9.17) is 4.74 Å². The van der Waals surface area contributed by atoms with Crippen LogP contribution in [-0.4, -0.2) is 37.0 Å². The lowest BCUT2D eigenvalue weighted by Crippen LogP contribution is -2.37. The van der Waals surface area contributed by atoms with Gasteiger partial charge in [-0.15, -0.1) is 11.3 Å². The Labute approximate surface area is 153 Å². The Morgan fingerprint density at radius 1 is 1.24 bits per heavy atom. The fourth-order valence-corrected chi connectivity index (χ4v) is 4.01. The molecule has 1 aromatic heterocycles. The monoisotopic (exact) mass is 358 g/mol. The summed E-state index contributed by atoms with van der Waals surface area (Å²) in [6.07, 6.45) is 2.93. The van der Waals surface area contributed by atoms with E-state index in [-0.39, 0.29) is 11.9 Å². The van der Waals surface area contributed by atoms with E-state index in [1.54, 1.807) is 11.3 Å². The highest BCUT2D eigenvalue weighted by Crippen LogP contribution is 2.26. The predicted octanol–water partition coefficient (Wildman–Crippen LogP) is 3.64. The molecule has 134 valence electrons. The molecule has 1 amide bonds. The molecule has 0 saturated carbocycles. The van der Waals surface area contributed by atoms with E-state index in [0.717, 1.165) is 23.7 Å². The molecular weight excluding hydrogens is 332 g/mol. The second-order valence-electron chi connectivity index (χ2n) is 6.32. The highest BCUT2D eigenvalue weighted by atomic mass is 32.1. The third-order valence-corrected chi connectivity index (χ3v) is 5.44. The largest absolute Gasteiger partial charge is 0.494 e. The SMILES string of the molecule is CCOc1ccc(C(CNC(=O)Cc2cccs2)N2CCCC2)cc1. The van der Waals surface area contributed by atoms with Gasteiger partial charge in [0.2, 0.25) is 5.91 Å². The molecule has 25 heavy (non-hydrogen) atoms. The van der Waals surface area contributed by atoms with Gasteiger partial charge in [0, 0.05) is 11.4 Å². The average molecular weight is 359 g/mol. The van der Waals surface area contributed by atoms with Gasteiger partial charge in [-0.25, -0.2) is 0 Å². The lowest BCUT2D eigenvalue weighted by molar-refractivity contribution is -0.120. The third-order valence-electron chi connectivity index (χ3n) is 4.56. The van der Waals surface area contributed by atoms with Crippen LogP contribution in [-0.2, 0) is 11.2 Å². The number of carbonyl (C=O) groups is 1. The summed E-state index contributed by atoms with van der Waals surface area (Å²) < 4.78 is 5.54. The Kier molecular flexibility index (Phi) is 6.48. The summed E-state index contributed by atoms with van der Waals surface area (Å²) in [5.74, 6) is 0.991. The Hall–Kier alpha value is -1.85. The van der Waals surface area contributed by atoms with Crippen LogP contribution in [0.2, 0.25) is 0 Å². The van der Waals surface area contributed by atoms with Gasteiger partial charge in [0.15, 0.2) is 0 Å². The molecular formula is C20H26N2O2S. The van der Waals surface area contributed by atoms with Crippen LogP contribution in [0, 0.1) is 0 Å². The second kappa shape index (κ2) is 9.02. The van der Waals surface area contributed by atoms with Gasteiger partial charge in [-0.3, -0.25) is 9.69 Å². The zero-order chi connectivity index (χ0) is 17.5. The molecule has 0 aliphatic carbocycles. The Balaban J connectivity index is 1.63. The van der Waals surface area contributed by atoms with Crippen molar-refractivity contribution in [3.63, 3.8) is 0 Å². The highest BCUT2D eigenvalue weighted by Gasteiger charge is 2.24. The van der Waals surface area contributed by atoms with Crippen LogP contribution in [0.15, 0.2) is 41.8 Å². The highest BCUT2D eigenvalue weighted by molar-refractivity contribution is 7.10. The molecule has 5 heteroatoms. The minimum absolute atomic E-state index is 0.0950. The van der Waals surface area contributed by atoms with Crippen LogP contribution < -0.4 is 10.1 Å². The molecule has 1 aromatic carbocycles. The second-order valence-corrected chi connectivity index (χ2v) is 7.35. The lowest BCUT2D eigenvalue weighted by Gasteiger charge is -2.28. The number of rotatable bonds is 8. The first-order chi connectivity index (χ1) is 12.3. The molecule has 0 bridgehead atoms. The molecule has 1 atom stereocenters. The summed E-state index contributed by atoms with van der Waals surface area (Å²) in [6, 6.07) is 12.5. The van der Waals surface area contributed by atoms with Crippen LogP contribution in [0.1, 0.15) is 36.2 Å². The molecule has 2 aromatic rings. The van der Waals surface area contributed by atoms with Gasteiger partial charge in [0.1, 0.15) is 5.75 Å². The molecule has 4 nitrogen and oxygen atoms in total. The van der Waals surface area contributed by atoms with Gasteiger partial charge >= 0.3 is 0 Å².